The van der Waals surface area contributed by atoms with Crippen molar-refractivity contribution in [3.63, 3.8) is 0 Å². The molecule has 0 aliphatic carbocycles. The molecule has 1 N–H and O–H groups in total. The van der Waals surface area contributed by atoms with Crippen LogP contribution in [0.2, 0.25) is 0 Å². The van der Waals surface area contributed by atoms with Crippen molar-refractivity contribution < 1.29 is 14.3 Å². The molecule has 0 fully saturated rings. The minimum atomic E-state index is -0.180. The largest absolute Gasteiger partial charge is 0.489 e. The number of aromatic nitrogens is 2. The van der Waals surface area contributed by atoms with Gasteiger partial charge in [-0.2, -0.15) is 0 Å². The zero-order chi connectivity index (χ0) is 22.2. The summed E-state index contributed by atoms with van der Waals surface area (Å²) in [6, 6.07) is 25.1. The van der Waals surface area contributed by atoms with Crippen LogP contribution < -0.4 is 14.8 Å². The van der Waals surface area contributed by atoms with Gasteiger partial charge in [-0.25, -0.2) is 4.98 Å². The van der Waals surface area contributed by atoms with Gasteiger partial charge in [-0.1, -0.05) is 42.5 Å². The standard InChI is InChI=1S/C26H25N3O3/c1-20(22-7-9-23(10-8-22)29-16-15-27-19-29)28-26(30)18-32-25-13-11-24(12-14-25)31-17-21-5-3-2-4-6-21/h2-16,19-20H,17-18H2,1H3,(H,28,30). The van der Waals surface area contributed by atoms with E-state index in [0.717, 1.165) is 22.6 Å². The van der Waals surface area contributed by atoms with Crippen LogP contribution in [0.5, 0.6) is 11.5 Å². The fourth-order valence-electron chi connectivity index (χ4n) is 3.24. The molecule has 0 saturated heterocycles. The summed E-state index contributed by atoms with van der Waals surface area (Å²) in [6.45, 7) is 2.40. The molecule has 0 spiro atoms. The Hall–Kier alpha value is -4.06. The summed E-state index contributed by atoms with van der Waals surface area (Å²) in [6.07, 6.45) is 5.38. The highest BCUT2D eigenvalue weighted by molar-refractivity contribution is 5.78. The number of hydrogen-bond acceptors (Lipinski definition) is 4. The smallest absolute Gasteiger partial charge is 0.258 e. The van der Waals surface area contributed by atoms with Crippen molar-refractivity contribution in [2.24, 2.45) is 0 Å². The molecule has 0 aliphatic rings. The molecule has 1 unspecified atom stereocenters. The average Bonchev–Trinajstić information content (AvgIpc) is 3.38. The Morgan fingerprint density at radius 3 is 2.28 bits per heavy atom. The minimum absolute atomic E-state index is 0.0539. The van der Waals surface area contributed by atoms with Gasteiger partial charge in [0.15, 0.2) is 6.61 Å². The van der Waals surface area contributed by atoms with E-state index in [0.29, 0.717) is 12.4 Å². The Morgan fingerprint density at radius 1 is 0.938 bits per heavy atom. The number of hydrogen-bond donors (Lipinski definition) is 1. The lowest BCUT2D eigenvalue weighted by Crippen LogP contribution is -2.31. The van der Waals surface area contributed by atoms with Gasteiger partial charge in [0.05, 0.1) is 12.4 Å². The third-order valence-corrected chi connectivity index (χ3v) is 5.02. The first-order valence-electron chi connectivity index (χ1n) is 10.4. The summed E-state index contributed by atoms with van der Waals surface area (Å²) in [7, 11) is 0. The Morgan fingerprint density at radius 2 is 1.62 bits per heavy atom. The Labute approximate surface area is 187 Å². The van der Waals surface area contributed by atoms with Crippen LogP contribution in [0.3, 0.4) is 0 Å². The molecular weight excluding hydrogens is 402 g/mol. The minimum Gasteiger partial charge on any atom is -0.489 e. The summed E-state index contributed by atoms with van der Waals surface area (Å²) in [5, 5.41) is 2.96. The molecule has 6 nitrogen and oxygen atoms in total. The fourth-order valence-corrected chi connectivity index (χ4v) is 3.24. The zero-order valence-electron chi connectivity index (χ0n) is 17.8. The van der Waals surface area contributed by atoms with Crippen LogP contribution in [0.25, 0.3) is 5.69 Å². The Kier molecular flexibility index (Phi) is 6.82. The number of imidazole rings is 1. The number of carbonyl (C=O) groups excluding carboxylic acids is 1. The molecule has 1 atom stereocenters. The topological polar surface area (TPSA) is 65.4 Å². The molecule has 0 saturated carbocycles. The molecule has 1 amide bonds. The zero-order valence-corrected chi connectivity index (χ0v) is 17.8. The highest BCUT2D eigenvalue weighted by Gasteiger charge is 2.10. The van der Waals surface area contributed by atoms with E-state index >= 15 is 0 Å². The highest BCUT2D eigenvalue weighted by Crippen LogP contribution is 2.19. The van der Waals surface area contributed by atoms with Crippen LogP contribution in [0.15, 0.2) is 97.6 Å². The second kappa shape index (κ2) is 10.3. The van der Waals surface area contributed by atoms with Crippen LogP contribution in [0.4, 0.5) is 0 Å². The van der Waals surface area contributed by atoms with Gasteiger partial charge in [0.2, 0.25) is 0 Å². The molecule has 3 aromatic carbocycles. The van der Waals surface area contributed by atoms with E-state index in [1.807, 2.05) is 84.4 Å². The van der Waals surface area contributed by atoms with Crippen molar-refractivity contribution in [1.29, 1.82) is 0 Å². The summed E-state index contributed by atoms with van der Waals surface area (Å²) in [5.74, 6) is 1.18. The molecule has 0 bridgehead atoms. The molecule has 1 heterocycles. The highest BCUT2D eigenvalue weighted by atomic mass is 16.5. The summed E-state index contributed by atoms with van der Waals surface area (Å²) in [4.78, 5) is 16.4. The van der Waals surface area contributed by atoms with Crippen molar-refractivity contribution in [1.82, 2.24) is 14.9 Å². The third kappa shape index (κ3) is 5.76. The first kappa shape index (κ1) is 21.2. The lowest BCUT2D eigenvalue weighted by molar-refractivity contribution is -0.123. The van der Waals surface area contributed by atoms with Gasteiger partial charge in [0.25, 0.3) is 5.91 Å². The van der Waals surface area contributed by atoms with E-state index in [-0.39, 0.29) is 18.6 Å². The lowest BCUT2D eigenvalue weighted by atomic mass is 10.1. The van der Waals surface area contributed by atoms with Crippen molar-refractivity contribution in [2.45, 2.75) is 19.6 Å². The monoisotopic (exact) mass is 427 g/mol. The molecule has 162 valence electrons. The van der Waals surface area contributed by atoms with Crippen molar-refractivity contribution >= 4 is 5.91 Å². The predicted octanol–water partition coefficient (Wildman–Crippen LogP) is 4.71. The number of ether oxygens (including phenoxy) is 2. The molecule has 1 aromatic heterocycles. The molecule has 4 rings (SSSR count). The molecule has 32 heavy (non-hydrogen) atoms. The molecule has 0 aliphatic heterocycles. The van der Waals surface area contributed by atoms with Crippen molar-refractivity contribution in [3.05, 3.63) is 109 Å². The number of amides is 1. The van der Waals surface area contributed by atoms with Gasteiger partial charge >= 0.3 is 0 Å². The van der Waals surface area contributed by atoms with E-state index in [9.17, 15) is 4.79 Å². The SMILES string of the molecule is CC(NC(=O)COc1ccc(OCc2ccccc2)cc1)c1ccc(-n2ccnc2)cc1. The van der Waals surface area contributed by atoms with Crippen LogP contribution in [-0.4, -0.2) is 22.1 Å². The molecule has 0 radical (unpaired) electrons. The van der Waals surface area contributed by atoms with Gasteiger partial charge < -0.3 is 19.4 Å². The molecule has 6 heteroatoms. The average molecular weight is 428 g/mol. The second-order valence-electron chi connectivity index (χ2n) is 7.39. The summed E-state index contributed by atoms with van der Waals surface area (Å²) < 4.78 is 13.3. The van der Waals surface area contributed by atoms with Crippen molar-refractivity contribution in [3.8, 4) is 17.2 Å². The fraction of sp³-hybridized carbons (Fsp3) is 0.154. The maximum atomic E-state index is 12.3. The number of carbonyl (C=O) groups is 1. The van der Waals surface area contributed by atoms with Crippen LogP contribution >= 0.6 is 0 Å². The molecular formula is C26H25N3O3. The van der Waals surface area contributed by atoms with Crippen LogP contribution in [-0.2, 0) is 11.4 Å². The van der Waals surface area contributed by atoms with Crippen LogP contribution in [0, 0.1) is 0 Å². The normalized spacial score (nSPS) is 11.5. The van der Waals surface area contributed by atoms with E-state index in [2.05, 4.69) is 10.3 Å². The van der Waals surface area contributed by atoms with Gasteiger partial charge in [-0.15, -0.1) is 0 Å². The van der Waals surface area contributed by atoms with Crippen molar-refractivity contribution in [2.75, 3.05) is 6.61 Å². The Bertz CT molecular complexity index is 1110. The third-order valence-electron chi connectivity index (χ3n) is 5.02. The Balaban J connectivity index is 1.22. The maximum Gasteiger partial charge on any atom is 0.258 e. The quantitative estimate of drug-likeness (QED) is 0.420. The number of nitrogens with zero attached hydrogens (tertiary/aromatic N) is 2. The van der Waals surface area contributed by atoms with E-state index in [1.54, 1.807) is 24.7 Å². The summed E-state index contributed by atoms with van der Waals surface area (Å²) >= 11 is 0. The molecule has 4 aromatic rings. The lowest BCUT2D eigenvalue weighted by Gasteiger charge is -2.15. The first-order valence-corrected chi connectivity index (χ1v) is 10.4. The van der Waals surface area contributed by atoms with Gasteiger partial charge in [-0.05, 0) is 54.4 Å². The van der Waals surface area contributed by atoms with E-state index in [1.165, 1.54) is 0 Å². The summed E-state index contributed by atoms with van der Waals surface area (Å²) in [5.41, 5.74) is 3.14. The van der Waals surface area contributed by atoms with E-state index in [4.69, 9.17) is 9.47 Å². The van der Waals surface area contributed by atoms with Gasteiger partial charge in [-0.3, -0.25) is 4.79 Å². The number of nitrogens with one attached hydrogen (secondary N) is 1. The number of rotatable bonds is 9. The second-order valence-corrected chi connectivity index (χ2v) is 7.39. The van der Waals surface area contributed by atoms with E-state index < -0.39 is 0 Å². The van der Waals surface area contributed by atoms with Gasteiger partial charge in [0, 0.05) is 18.1 Å². The maximum absolute atomic E-state index is 12.3. The van der Waals surface area contributed by atoms with Crippen LogP contribution in [0.1, 0.15) is 24.1 Å². The first-order chi connectivity index (χ1) is 15.7. The predicted molar refractivity (Wildman–Crippen MR) is 123 cm³/mol. The van der Waals surface area contributed by atoms with Gasteiger partial charge in [0.1, 0.15) is 18.1 Å². The number of benzene rings is 3.